The first-order valence-electron chi connectivity index (χ1n) is 4.92. The molecule has 0 aromatic carbocycles. The van der Waals surface area contributed by atoms with Crippen LogP contribution in [0.1, 0.15) is 33.1 Å². The van der Waals surface area contributed by atoms with Gasteiger partial charge in [0.05, 0.1) is 0 Å². The van der Waals surface area contributed by atoms with E-state index in [1.807, 2.05) is 0 Å². The third-order valence-corrected chi connectivity index (χ3v) is 7.60. The van der Waals surface area contributed by atoms with Crippen molar-refractivity contribution < 1.29 is 23.3 Å². The van der Waals surface area contributed by atoms with Gasteiger partial charge in [0.15, 0.2) is 0 Å². The summed E-state index contributed by atoms with van der Waals surface area (Å²) >= 11 is -1.05. The van der Waals surface area contributed by atoms with Gasteiger partial charge in [0.1, 0.15) is 0 Å². The van der Waals surface area contributed by atoms with E-state index in [9.17, 15) is 0 Å². The van der Waals surface area contributed by atoms with Gasteiger partial charge in [-0.15, -0.1) is 0 Å². The molecule has 2 bridgehead atoms. The number of hydrogen-bond donors (Lipinski definition) is 0. The van der Waals surface area contributed by atoms with Crippen LogP contribution in [-0.2, 0) is 23.3 Å². The van der Waals surface area contributed by atoms with E-state index in [1.165, 1.54) is 19.3 Å². The Morgan fingerprint density at radius 2 is 2.25 bits per heavy atom. The van der Waals surface area contributed by atoms with E-state index in [4.69, 9.17) is 8.25 Å². The van der Waals surface area contributed by atoms with Gasteiger partial charge in [-0.2, -0.15) is 0 Å². The van der Waals surface area contributed by atoms with Gasteiger partial charge in [-0.3, -0.25) is 0 Å². The van der Waals surface area contributed by atoms with Gasteiger partial charge in [0, 0.05) is 0 Å². The molecule has 0 spiro atoms. The third kappa shape index (κ3) is 1.30. The average Bonchev–Trinajstić information content (AvgIpc) is 2.53. The molecule has 2 heteroatoms. The molecule has 2 aliphatic rings. The fraction of sp³-hybridized carbons (Fsp3) is 0.800. The van der Waals surface area contributed by atoms with Crippen LogP contribution in [0.15, 0.2) is 9.16 Å². The van der Waals surface area contributed by atoms with E-state index in [0.717, 1.165) is 11.8 Å². The number of fused-ring (bicyclic) bond motifs is 2. The van der Waals surface area contributed by atoms with Gasteiger partial charge in [-0.25, -0.2) is 0 Å². The zero-order chi connectivity index (χ0) is 8.77. The van der Waals surface area contributed by atoms with E-state index in [2.05, 4.69) is 17.4 Å². The number of rotatable bonds is 1. The van der Waals surface area contributed by atoms with Crippen LogP contribution in [0.2, 0.25) is 0 Å². The molecule has 0 unspecified atom stereocenters. The average molecular weight is 371 g/mol. The van der Waals surface area contributed by atoms with Crippen LogP contribution >= 0.6 is 8.25 Å². The van der Waals surface area contributed by atoms with Gasteiger partial charge < -0.3 is 0 Å². The molecular formula is C10H15ClHg. The Kier molecular flexibility index (Phi) is 2.60. The molecule has 2 saturated carbocycles. The van der Waals surface area contributed by atoms with Crippen LogP contribution in [-0.4, -0.2) is 0 Å². The minimum atomic E-state index is -1.05. The zero-order valence-electron chi connectivity index (χ0n) is 7.94. The Morgan fingerprint density at radius 1 is 1.50 bits per heavy atom. The molecule has 0 saturated heterocycles. The van der Waals surface area contributed by atoms with Gasteiger partial charge in [0.25, 0.3) is 0 Å². The van der Waals surface area contributed by atoms with E-state index in [1.54, 1.807) is 5.57 Å². The molecule has 2 rings (SSSR count). The van der Waals surface area contributed by atoms with Crippen molar-refractivity contribution in [1.29, 1.82) is 0 Å². The summed E-state index contributed by atoms with van der Waals surface area (Å²) in [7, 11) is 5.99. The maximum atomic E-state index is 5.99. The molecule has 0 heterocycles. The monoisotopic (exact) mass is 372 g/mol. The Morgan fingerprint density at radius 3 is 2.75 bits per heavy atom. The van der Waals surface area contributed by atoms with Crippen LogP contribution in [0.4, 0.5) is 0 Å². The van der Waals surface area contributed by atoms with Crippen molar-refractivity contribution in [2.45, 2.75) is 33.1 Å². The summed E-state index contributed by atoms with van der Waals surface area (Å²) in [5, 5.41) is 0. The second kappa shape index (κ2) is 3.27. The summed E-state index contributed by atoms with van der Waals surface area (Å²) in [6.45, 7) is 4.84. The molecule has 64 valence electrons. The Hall–Kier alpha value is 0.965. The first-order valence-corrected chi connectivity index (χ1v) is 14.9. The molecule has 0 radical (unpaired) electrons. The first-order chi connectivity index (χ1) is 5.66. The number of allylic oxidation sites excluding steroid dienone is 1. The third-order valence-electron chi connectivity index (χ3n) is 3.93. The van der Waals surface area contributed by atoms with Crippen LogP contribution in [0, 0.1) is 17.3 Å². The van der Waals surface area contributed by atoms with Crippen molar-refractivity contribution in [3.63, 3.8) is 0 Å². The zero-order valence-corrected chi connectivity index (χ0v) is 14.2. The van der Waals surface area contributed by atoms with E-state index in [-0.39, 0.29) is 0 Å². The molecule has 2 aliphatic carbocycles. The predicted octanol–water partition coefficient (Wildman–Crippen LogP) is 3.56. The van der Waals surface area contributed by atoms with Crippen molar-refractivity contribution in [3.05, 3.63) is 9.16 Å². The topological polar surface area (TPSA) is 0 Å². The summed E-state index contributed by atoms with van der Waals surface area (Å²) in [6, 6.07) is 0. The molecule has 12 heavy (non-hydrogen) atoms. The molecule has 0 aromatic rings. The van der Waals surface area contributed by atoms with Crippen molar-refractivity contribution >= 4 is 8.25 Å². The maximum absolute atomic E-state index is 5.99. The second-order valence-corrected chi connectivity index (χ2v) is 10.2. The van der Waals surface area contributed by atoms with Crippen LogP contribution in [0.3, 0.4) is 0 Å². The summed E-state index contributed by atoms with van der Waals surface area (Å²) in [5.41, 5.74) is 2.26. The predicted molar refractivity (Wildman–Crippen MR) is 48.5 cm³/mol. The normalized spacial score (nSPS) is 40.4. The Labute approximate surface area is 90.6 Å². The number of hydrogen-bond acceptors (Lipinski definition) is 0. The summed E-state index contributed by atoms with van der Waals surface area (Å²) in [5.74, 6) is 1.91. The fourth-order valence-electron chi connectivity index (χ4n) is 3.19. The van der Waals surface area contributed by atoms with Crippen molar-refractivity contribution in [3.8, 4) is 0 Å². The van der Waals surface area contributed by atoms with Crippen LogP contribution < -0.4 is 0 Å². The first kappa shape index (κ1) is 9.52. The van der Waals surface area contributed by atoms with Gasteiger partial charge >= 0.3 is 91.1 Å². The van der Waals surface area contributed by atoms with E-state index >= 15 is 0 Å². The van der Waals surface area contributed by atoms with E-state index < -0.39 is 23.3 Å². The van der Waals surface area contributed by atoms with Crippen LogP contribution in [0.25, 0.3) is 0 Å². The van der Waals surface area contributed by atoms with Crippen molar-refractivity contribution in [2.24, 2.45) is 17.3 Å². The quantitative estimate of drug-likeness (QED) is 0.619. The minimum absolute atomic E-state index is 0.512. The van der Waals surface area contributed by atoms with Crippen LogP contribution in [0.5, 0.6) is 0 Å². The molecular weight excluding hydrogens is 356 g/mol. The van der Waals surface area contributed by atoms with Gasteiger partial charge in [-0.1, -0.05) is 0 Å². The second-order valence-electron chi connectivity index (χ2n) is 4.74. The molecule has 0 amide bonds. The van der Waals surface area contributed by atoms with Crippen molar-refractivity contribution in [1.82, 2.24) is 0 Å². The Balaban J connectivity index is 2.29. The van der Waals surface area contributed by atoms with E-state index in [0.29, 0.717) is 5.41 Å². The summed E-state index contributed by atoms with van der Waals surface area (Å²) in [6.07, 6.45) is 4.38. The molecule has 0 aromatic heterocycles. The summed E-state index contributed by atoms with van der Waals surface area (Å²) < 4.78 is 2.48. The van der Waals surface area contributed by atoms with Gasteiger partial charge in [-0.05, 0) is 0 Å². The molecule has 2 fully saturated rings. The standard InChI is InChI=1S/C10H15.ClH.Hg/c1-7-8-4-5-9(6-8)10(7,2)3;;/h1,8-9H,4-6H2,2-3H3;1H;/q;;+1/p-1/t8-,9+;;/m0../s1. The number of halogens is 1. The van der Waals surface area contributed by atoms with Gasteiger partial charge in [0.2, 0.25) is 0 Å². The Bertz CT molecular complexity index is 220. The SMILES string of the molecule is CC1(C)/C(=[CH]/[Hg][Cl])[C@H]2CC[C@@H]1C2. The fourth-order valence-corrected chi connectivity index (χ4v) is 8.64. The summed E-state index contributed by atoms with van der Waals surface area (Å²) in [4.78, 5) is 0. The molecule has 2 atom stereocenters. The van der Waals surface area contributed by atoms with Crippen molar-refractivity contribution in [2.75, 3.05) is 0 Å². The molecule has 0 aliphatic heterocycles. The molecule has 0 N–H and O–H groups in total. The molecule has 0 nitrogen and oxygen atoms in total.